The molecule has 2 saturated heterocycles. The Balaban J connectivity index is 1.85. The van der Waals surface area contributed by atoms with Crippen molar-refractivity contribution in [2.24, 2.45) is 0 Å². The summed E-state index contributed by atoms with van der Waals surface area (Å²) in [5, 5.41) is 2.99. The molecule has 2 rings (SSSR count). The first-order valence-corrected chi connectivity index (χ1v) is 8.04. The topological polar surface area (TPSA) is 78.6 Å². The van der Waals surface area contributed by atoms with Crippen LogP contribution < -0.4 is 5.32 Å². The first-order valence-electron chi connectivity index (χ1n) is 6.31. The summed E-state index contributed by atoms with van der Waals surface area (Å²) < 4.78 is 26.4. The number of hydrogen-bond donors (Lipinski definition) is 1. The number of ether oxygens (including phenoxy) is 2. The van der Waals surface area contributed by atoms with Gasteiger partial charge in [0, 0.05) is 27.9 Å². The number of hydrogen-bond acceptors (Lipinski definition) is 7. The van der Waals surface area contributed by atoms with Gasteiger partial charge < -0.3 is 28.1 Å². The summed E-state index contributed by atoms with van der Waals surface area (Å²) in [6.45, 7) is 2.01. The fraction of sp³-hybridized carbons (Fsp3) is 0.909. The minimum absolute atomic E-state index is 0.0235. The molecule has 2 aliphatic heterocycles. The number of carbonyl (C=O) groups excluding carboxylic acids is 1. The van der Waals surface area contributed by atoms with E-state index in [1.807, 2.05) is 0 Å². The van der Waals surface area contributed by atoms with Crippen molar-refractivity contribution >= 4 is 14.2 Å². The Morgan fingerprint density at radius 3 is 2.47 bits per heavy atom. The summed E-state index contributed by atoms with van der Waals surface area (Å²) in [5.74, 6) is 0. The molecule has 0 spiro atoms. The number of rotatable bonds is 8. The molecule has 2 heterocycles. The van der Waals surface area contributed by atoms with Gasteiger partial charge in [-0.2, -0.15) is 0 Å². The summed E-state index contributed by atoms with van der Waals surface area (Å²) in [6.07, 6.45) is 0.867. The van der Waals surface area contributed by atoms with Crippen LogP contribution >= 0.6 is 0 Å². The predicted octanol–water partition coefficient (Wildman–Crippen LogP) is -0.881. The molecule has 1 N–H and O–H groups in total. The zero-order valence-corrected chi connectivity index (χ0v) is 12.5. The zero-order chi connectivity index (χ0) is 13.9. The average Bonchev–Trinajstić information content (AvgIpc) is 3.16. The second kappa shape index (κ2) is 6.40. The van der Waals surface area contributed by atoms with Crippen LogP contribution in [0.4, 0.5) is 0 Å². The lowest BCUT2D eigenvalue weighted by Crippen LogP contribution is -2.57. The highest BCUT2D eigenvalue weighted by Gasteiger charge is 2.52. The van der Waals surface area contributed by atoms with Crippen LogP contribution in [0.25, 0.3) is 0 Å². The summed E-state index contributed by atoms with van der Waals surface area (Å²) in [4.78, 5) is 12.4. The highest BCUT2D eigenvalue weighted by molar-refractivity contribution is 6.93. The standard InChI is InChI=1S/C11H21NO6Si/c1-14-19(15-2,16-3)11(13)10-4-8(5-12-10)17-6-9-7-18-9/h8-10,12H,4-7H2,1-3H3/t8?,9?,10-/m0/s1. The lowest BCUT2D eigenvalue weighted by molar-refractivity contribution is -0.120. The van der Waals surface area contributed by atoms with Crippen LogP contribution in [0.5, 0.6) is 0 Å². The molecule has 0 aromatic carbocycles. The molecular formula is C11H21NO6Si. The van der Waals surface area contributed by atoms with Gasteiger partial charge in [0.25, 0.3) is 0 Å². The highest BCUT2D eigenvalue weighted by atomic mass is 28.4. The minimum atomic E-state index is -3.23. The monoisotopic (exact) mass is 291 g/mol. The first kappa shape index (κ1) is 15.0. The van der Waals surface area contributed by atoms with Crippen LogP contribution in [-0.4, -0.2) is 73.5 Å². The van der Waals surface area contributed by atoms with Gasteiger partial charge in [-0.15, -0.1) is 0 Å². The maximum Gasteiger partial charge on any atom is 0.575 e. The second-order valence-electron chi connectivity index (χ2n) is 4.64. The van der Waals surface area contributed by atoms with Crippen LogP contribution in [-0.2, 0) is 27.5 Å². The van der Waals surface area contributed by atoms with Gasteiger partial charge in [0.2, 0.25) is 5.41 Å². The molecular weight excluding hydrogens is 270 g/mol. The third kappa shape index (κ3) is 3.40. The van der Waals surface area contributed by atoms with Crippen LogP contribution in [0, 0.1) is 0 Å². The van der Waals surface area contributed by atoms with E-state index in [2.05, 4.69) is 5.32 Å². The quantitative estimate of drug-likeness (QED) is 0.459. The summed E-state index contributed by atoms with van der Waals surface area (Å²) in [5.41, 5.74) is 0. The molecule has 0 aromatic heterocycles. The van der Waals surface area contributed by atoms with E-state index in [9.17, 15) is 4.79 Å². The Bertz CT molecular complexity index is 312. The van der Waals surface area contributed by atoms with Gasteiger partial charge in [-0.25, -0.2) is 0 Å². The van der Waals surface area contributed by atoms with E-state index < -0.39 is 8.80 Å². The van der Waals surface area contributed by atoms with Crippen molar-refractivity contribution < 1.29 is 27.5 Å². The Morgan fingerprint density at radius 1 is 1.32 bits per heavy atom. The van der Waals surface area contributed by atoms with E-state index in [0.29, 0.717) is 19.6 Å². The molecule has 2 unspecified atom stereocenters. The third-order valence-corrected chi connectivity index (χ3v) is 6.00. The molecule has 19 heavy (non-hydrogen) atoms. The summed E-state index contributed by atoms with van der Waals surface area (Å²) >= 11 is 0. The van der Waals surface area contributed by atoms with Crippen molar-refractivity contribution in [1.29, 1.82) is 0 Å². The van der Waals surface area contributed by atoms with E-state index in [1.165, 1.54) is 21.3 Å². The molecule has 0 saturated carbocycles. The van der Waals surface area contributed by atoms with Gasteiger partial charge in [-0.3, -0.25) is 4.79 Å². The molecule has 3 atom stereocenters. The molecule has 0 radical (unpaired) electrons. The number of nitrogens with one attached hydrogen (secondary N) is 1. The first-order chi connectivity index (χ1) is 9.15. The Hall–Kier alpha value is -0.353. The Morgan fingerprint density at radius 2 is 1.95 bits per heavy atom. The largest absolute Gasteiger partial charge is 0.575 e. The van der Waals surface area contributed by atoms with Crippen molar-refractivity contribution in [2.75, 3.05) is 41.1 Å². The van der Waals surface area contributed by atoms with Gasteiger partial charge in [0.15, 0.2) is 0 Å². The SMILES string of the molecule is CO[Si](OC)(OC)C(=O)[C@@H]1CC(OCC2CO2)CN1. The molecule has 0 bridgehead atoms. The molecule has 8 heteroatoms. The van der Waals surface area contributed by atoms with E-state index in [4.69, 9.17) is 22.8 Å². The molecule has 110 valence electrons. The van der Waals surface area contributed by atoms with Gasteiger partial charge in [-0.05, 0) is 6.42 Å². The fourth-order valence-corrected chi connectivity index (χ4v) is 3.95. The van der Waals surface area contributed by atoms with E-state index >= 15 is 0 Å². The van der Waals surface area contributed by atoms with E-state index in [0.717, 1.165) is 6.61 Å². The average molecular weight is 291 g/mol. The molecule has 0 aliphatic carbocycles. The van der Waals surface area contributed by atoms with Crippen LogP contribution in [0.3, 0.4) is 0 Å². The van der Waals surface area contributed by atoms with Crippen molar-refractivity contribution in [2.45, 2.75) is 24.7 Å². The molecule has 2 fully saturated rings. The predicted molar refractivity (Wildman–Crippen MR) is 67.7 cm³/mol. The molecule has 2 aliphatic rings. The van der Waals surface area contributed by atoms with Crippen LogP contribution in [0.1, 0.15) is 6.42 Å². The normalized spacial score (nSPS) is 30.6. The maximum atomic E-state index is 12.4. The van der Waals surface area contributed by atoms with Crippen LogP contribution in [0.2, 0.25) is 0 Å². The summed E-state index contributed by atoms with van der Waals surface area (Å²) in [6, 6.07) is -0.336. The zero-order valence-electron chi connectivity index (χ0n) is 11.5. The Labute approximate surface area is 113 Å². The lowest BCUT2D eigenvalue weighted by atomic mass is 10.2. The molecule has 7 nitrogen and oxygen atoms in total. The second-order valence-corrected chi connectivity index (χ2v) is 7.47. The van der Waals surface area contributed by atoms with Crippen molar-refractivity contribution in [3.05, 3.63) is 0 Å². The minimum Gasteiger partial charge on any atom is -0.374 e. The maximum absolute atomic E-state index is 12.4. The van der Waals surface area contributed by atoms with E-state index in [1.54, 1.807) is 0 Å². The van der Waals surface area contributed by atoms with Crippen LogP contribution in [0.15, 0.2) is 0 Å². The lowest BCUT2D eigenvalue weighted by Gasteiger charge is -2.25. The molecule has 0 aromatic rings. The summed E-state index contributed by atoms with van der Waals surface area (Å²) in [7, 11) is 1.08. The number of carbonyl (C=O) groups is 1. The van der Waals surface area contributed by atoms with Crippen molar-refractivity contribution in [3.63, 3.8) is 0 Å². The van der Waals surface area contributed by atoms with Crippen molar-refractivity contribution in [3.8, 4) is 0 Å². The van der Waals surface area contributed by atoms with Gasteiger partial charge in [-0.1, -0.05) is 0 Å². The molecule has 0 amide bonds. The fourth-order valence-electron chi connectivity index (χ4n) is 2.20. The van der Waals surface area contributed by atoms with E-state index in [-0.39, 0.29) is 23.7 Å². The van der Waals surface area contributed by atoms with Gasteiger partial charge in [0.1, 0.15) is 6.10 Å². The smallest absolute Gasteiger partial charge is 0.374 e. The number of epoxide rings is 1. The van der Waals surface area contributed by atoms with Gasteiger partial charge in [0.05, 0.1) is 25.4 Å². The van der Waals surface area contributed by atoms with Crippen molar-refractivity contribution in [1.82, 2.24) is 5.32 Å². The Kier molecular flexibility index (Phi) is 5.07. The third-order valence-electron chi connectivity index (χ3n) is 3.44. The highest BCUT2D eigenvalue weighted by Crippen LogP contribution is 2.19. The van der Waals surface area contributed by atoms with Gasteiger partial charge >= 0.3 is 8.80 Å².